The van der Waals surface area contributed by atoms with Crippen LogP contribution in [0.1, 0.15) is 27.0 Å². The van der Waals surface area contributed by atoms with Gasteiger partial charge in [-0.2, -0.15) is 5.10 Å². The zero-order chi connectivity index (χ0) is 18.7. The molecule has 0 unspecified atom stereocenters. The van der Waals surface area contributed by atoms with Gasteiger partial charge in [0.15, 0.2) is 5.82 Å². The highest BCUT2D eigenvalue weighted by Gasteiger charge is 2.14. The Hall–Kier alpha value is -3.48. The Morgan fingerprint density at radius 3 is 2.54 bits per heavy atom. The van der Waals surface area contributed by atoms with Crippen molar-refractivity contribution in [1.29, 1.82) is 0 Å². The molecule has 0 saturated carbocycles. The molecule has 2 aromatic carbocycles. The maximum absolute atomic E-state index is 12.3. The summed E-state index contributed by atoms with van der Waals surface area (Å²) in [5, 5.41) is 17.9. The van der Waals surface area contributed by atoms with E-state index in [1.165, 1.54) is 23.8 Å². The number of aromatic nitrogens is 2. The van der Waals surface area contributed by atoms with Gasteiger partial charge in [0, 0.05) is 29.5 Å². The number of rotatable bonds is 5. The van der Waals surface area contributed by atoms with Crippen LogP contribution in [-0.2, 0) is 6.54 Å². The third-order valence-electron chi connectivity index (χ3n) is 4.00. The van der Waals surface area contributed by atoms with Crippen molar-refractivity contribution in [2.24, 2.45) is 0 Å². The van der Waals surface area contributed by atoms with Gasteiger partial charge in [0.25, 0.3) is 11.6 Å². The average molecular weight is 350 g/mol. The number of nitro groups is 1. The zero-order valence-corrected chi connectivity index (χ0v) is 14.5. The van der Waals surface area contributed by atoms with Gasteiger partial charge in [-0.05, 0) is 31.5 Å². The molecule has 0 aliphatic heterocycles. The highest BCUT2D eigenvalue weighted by molar-refractivity contribution is 6.04. The first-order chi connectivity index (χ1) is 12.4. The van der Waals surface area contributed by atoms with Crippen molar-refractivity contribution in [1.82, 2.24) is 9.78 Å². The molecule has 26 heavy (non-hydrogen) atoms. The summed E-state index contributed by atoms with van der Waals surface area (Å²) in [6.07, 6.45) is 1.79. The third-order valence-corrected chi connectivity index (χ3v) is 4.00. The lowest BCUT2D eigenvalue weighted by atomic mass is 10.1. The van der Waals surface area contributed by atoms with Crippen LogP contribution in [0.2, 0.25) is 0 Å². The van der Waals surface area contributed by atoms with Gasteiger partial charge in [0.2, 0.25) is 0 Å². The van der Waals surface area contributed by atoms with E-state index in [-0.39, 0.29) is 11.6 Å². The number of hydrogen-bond donors (Lipinski definition) is 1. The Kier molecular flexibility index (Phi) is 4.79. The fourth-order valence-corrected chi connectivity index (χ4v) is 2.59. The molecule has 0 saturated heterocycles. The lowest BCUT2D eigenvalue weighted by Crippen LogP contribution is -2.13. The number of hydrogen-bond acceptors (Lipinski definition) is 4. The molecule has 0 bridgehead atoms. The highest BCUT2D eigenvalue weighted by atomic mass is 16.6. The van der Waals surface area contributed by atoms with Gasteiger partial charge in [-0.1, -0.05) is 29.8 Å². The quantitative estimate of drug-likeness (QED) is 0.561. The van der Waals surface area contributed by atoms with Crippen molar-refractivity contribution in [3.8, 4) is 0 Å². The predicted molar refractivity (Wildman–Crippen MR) is 98.3 cm³/mol. The molecular formula is C19H18N4O3. The van der Waals surface area contributed by atoms with Crippen LogP contribution in [0.5, 0.6) is 0 Å². The lowest BCUT2D eigenvalue weighted by molar-refractivity contribution is -0.385. The summed E-state index contributed by atoms with van der Waals surface area (Å²) in [6.45, 7) is 4.24. The molecule has 0 aliphatic rings. The van der Waals surface area contributed by atoms with Crippen LogP contribution in [0.15, 0.2) is 54.7 Å². The summed E-state index contributed by atoms with van der Waals surface area (Å²) in [6, 6.07) is 14.1. The van der Waals surface area contributed by atoms with Gasteiger partial charge in [-0.3, -0.25) is 19.6 Å². The highest BCUT2D eigenvalue weighted by Crippen LogP contribution is 2.19. The number of carbonyl (C=O) groups excluding carboxylic acids is 1. The van der Waals surface area contributed by atoms with Crippen LogP contribution in [0.3, 0.4) is 0 Å². The van der Waals surface area contributed by atoms with E-state index in [2.05, 4.69) is 10.4 Å². The molecule has 0 atom stereocenters. The third kappa shape index (κ3) is 3.94. The Balaban J connectivity index is 1.68. The molecule has 1 N–H and O–H groups in total. The predicted octanol–water partition coefficient (Wildman–Crippen LogP) is 3.71. The second-order valence-corrected chi connectivity index (χ2v) is 6.10. The molecule has 7 nitrogen and oxygen atoms in total. The van der Waals surface area contributed by atoms with Crippen LogP contribution in [-0.4, -0.2) is 20.6 Å². The van der Waals surface area contributed by atoms with E-state index >= 15 is 0 Å². The fourth-order valence-electron chi connectivity index (χ4n) is 2.59. The minimum Gasteiger partial charge on any atom is -0.305 e. The van der Waals surface area contributed by atoms with Crippen molar-refractivity contribution in [3.63, 3.8) is 0 Å². The van der Waals surface area contributed by atoms with E-state index < -0.39 is 4.92 Å². The molecule has 3 aromatic rings. The molecule has 0 aliphatic carbocycles. The minimum atomic E-state index is -0.468. The fraction of sp³-hybridized carbons (Fsp3) is 0.158. The number of carbonyl (C=O) groups is 1. The van der Waals surface area contributed by atoms with E-state index in [0.717, 1.165) is 5.56 Å². The monoisotopic (exact) mass is 350 g/mol. The Morgan fingerprint density at radius 1 is 1.15 bits per heavy atom. The topological polar surface area (TPSA) is 90.1 Å². The van der Waals surface area contributed by atoms with E-state index in [9.17, 15) is 14.9 Å². The second kappa shape index (κ2) is 7.18. The first-order valence-electron chi connectivity index (χ1n) is 8.08. The number of nitrogens with zero attached hydrogens (tertiary/aromatic N) is 3. The molecule has 1 aromatic heterocycles. The number of benzene rings is 2. The zero-order valence-electron chi connectivity index (χ0n) is 14.5. The Morgan fingerprint density at radius 2 is 1.88 bits per heavy atom. The Bertz CT molecular complexity index is 961. The minimum absolute atomic E-state index is 0.0103. The van der Waals surface area contributed by atoms with Crippen molar-refractivity contribution >= 4 is 17.4 Å². The molecule has 0 radical (unpaired) electrons. The lowest BCUT2D eigenvalue weighted by Gasteiger charge is -2.05. The van der Waals surface area contributed by atoms with E-state index in [0.29, 0.717) is 23.5 Å². The first kappa shape index (κ1) is 17.3. The van der Waals surface area contributed by atoms with Gasteiger partial charge in [-0.25, -0.2) is 0 Å². The van der Waals surface area contributed by atoms with Crippen LogP contribution in [0, 0.1) is 24.0 Å². The van der Waals surface area contributed by atoms with Gasteiger partial charge in [0.1, 0.15) is 0 Å². The van der Waals surface area contributed by atoms with E-state index in [1.807, 2.05) is 31.2 Å². The second-order valence-electron chi connectivity index (χ2n) is 6.10. The number of nitro benzene ring substituents is 1. The molecular weight excluding hydrogens is 332 g/mol. The molecule has 0 spiro atoms. The summed E-state index contributed by atoms with van der Waals surface area (Å²) in [5.41, 5.74) is 3.08. The largest absolute Gasteiger partial charge is 0.305 e. The van der Waals surface area contributed by atoms with E-state index in [4.69, 9.17) is 0 Å². The number of amides is 1. The van der Waals surface area contributed by atoms with Gasteiger partial charge in [0.05, 0.1) is 11.5 Å². The normalized spacial score (nSPS) is 10.5. The first-order valence-corrected chi connectivity index (χ1v) is 8.08. The summed E-state index contributed by atoms with van der Waals surface area (Å²) in [5.74, 6) is 0.0710. The van der Waals surface area contributed by atoms with Gasteiger partial charge < -0.3 is 5.32 Å². The molecule has 1 heterocycles. The maximum atomic E-state index is 12.3. The number of nitrogens with one attached hydrogen (secondary N) is 1. The summed E-state index contributed by atoms with van der Waals surface area (Å²) < 4.78 is 1.74. The van der Waals surface area contributed by atoms with E-state index in [1.54, 1.807) is 23.9 Å². The number of aryl methyl sites for hydroxylation is 2. The molecule has 7 heteroatoms. The molecule has 1 amide bonds. The smallest absolute Gasteiger partial charge is 0.272 e. The van der Waals surface area contributed by atoms with Crippen LogP contribution in [0.4, 0.5) is 11.5 Å². The van der Waals surface area contributed by atoms with Crippen LogP contribution in [0.25, 0.3) is 0 Å². The summed E-state index contributed by atoms with van der Waals surface area (Å²) in [7, 11) is 0. The van der Waals surface area contributed by atoms with Crippen molar-refractivity contribution in [2.45, 2.75) is 20.4 Å². The molecule has 132 valence electrons. The maximum Gasteiger partial charge on any atom is 0.272 e. The van der Waals surface area contributed by atoms with Crippen LogP contribution >= 0.6 is 0 Å². The summed E-state index contributed by atoms with van der Waals surface area (Å²) >= 11 is 0. The summed E-state index contributed by atoms with van der Waals surface area (Å²) in [4.78, 5) is 22.7. The Labute approximate surface area is 150 Å². The van der Waals surface area contributed by atoms with Crippen molar-refractivity contribution in [3.05, 3.63) is 87.1 Å². The van der Waals surface area contributed by atoms with Crippen molar-refractivity contribution < 1.29 is 9.72 Å². The standard InChI is InChI=1S/C19H18N4O3/c1-13-3-5-15(6-4-13)12-22-10-9-18(21-22)20-19(24)16-7-8-17(23(25)26)14(2)11-16/h3-11H,12H2,1-2H3,(H,20,21,24). The average Bonchev–Trinajstić information content (AvgIpc) is 3.03. The van der Waals surface area contributed by atoms with Gasteiger partial charge >= 0.3 is 0 Å². The van der Waals surface area contributed by atoms with Gasteiger partial charge in [-0.15, -0.1) is 0 Å². The molecule has 3 rings (SSSR count). The van der Waals surface area contributed by atoms with Crippen molar-refractivity contribution in [2.75, 3.05) is 5.32 Å². The SMILES string of the molecule is Cc1ccc(Cn2ccc(NC(=O)c3ccc([N+](=O)[O-])c(C)c3)n2)cc1. The number of anilines is 1. The van der Waals surface area contributed by atoms with Crippen LogP contribution < -0.4 is 5.32 Å². The molecule has 0 fully saturated rings.